The minimum atomic E-state index is -0.349. The lowest BCUT2D eigenvalue weighted by Crippen LogP contribution is -2.26. The molecule has 2 aromatic heterocycles. The van der Waals surface area contributed by atoms with E-state index in [9.17, 15) is 14.0 Å². The fourth-order valence-electron chi connectivity index (χ4n) is 2.02. The number of nitrogens with one attached hydrogen (secondary N) is 1. The van der Waals surface area contributed by atoms with Gasteiger partial charge in [-0.2, -0.15) is 0 Å². The van der Waals surface area contributed by atoms with E-state index in [0.717, 1.165) is 0 Å². The molecule has 0 bridgehead atoms. The van der Waals surface area contributed by atoms with E-state index in [0.29, 0.717) is 16.4 Å². The summed E-state index contributed by atoms with van der Waals surface area (Å²) < 4.78 is 14.5. The van der Waals surface area contributed by atoms with Crippen LogP contribution in [-0.2, 0) is 11.3 Å². The van der Waals surface area contributed by atoms with Gasteiger partial charge in [-0.1, -0.05) is 18.2 Å². The summed E-state index contributed by atoms with van der Waals surface area (Å²) in [5, 5.41) is 4.77. The van der Waals surface area contributed by atoms with Gasteiger partial charge in [-0.05, 0) is 18.2 Å². The maximum atomic E-state index is 13.2. The molecule has 7 heteroatoms. The number of amides is 1. The number of pyridine rings is 1. The van der Waals surface area contributed by atoms with Crippen LogP contribution in [0.5, 0.6) is 0 Å². The Balaban J connectivity index is 1.71. The first-order valence-corrected chi connectivity index (χ1v) is 7.66. The molecule has 2 heterocycles. The fraction of sp³-hybridized carbons (Fsp3) is 0.0625. The molecule has 0 aliphatic rings. The van der Waals surface area contributed by atoms with Crippen molar-refractivity contribution in [1.29, 1.82) is 0 Å². The van der Waals surface area contributed by atoms with Crippen LogP contribution < -0.4 is 10.9 Å². The molecule has 3 aromatic rings. The summed E-state index contributed by atoms with van der Waals surface area (Å²) >= 11 is 1.24. The van der Waals surface area contributed by atoms with Crippen LogP contribution in [0.1, 0.15) is 0 Å². The van der Waals surface area contributed by atoms with Crippen molar-refractivity contribution in [2.45, 2.75) is 6.54 Å². The predicted octanol–water partition coefficient (Wildman–Crippen LogP) is 2.75. The first-order chi connectivity index (χ1) is 11.1. The first-order valence-electron chi connectivity index (χ1n) is 6.78. The van der Waals surface area contributed by atoms with E-state index in [2.05, 4.69) is 10.3 Å². The van der Waals surface area contributed by atoms with E-state index in [-0.39, 0.29) is 23.8 Å². The molecule has 23 heavy (non-hydrogen) atoms. The van der Waals surface area contributed by atoms with Crippen molar-refractivity contribution in [1.82, 2.24) is 9.55 Å². The molecule has 1 aromatic carbocycles. The van der Waals surface area contributed by atoms with Gasteiger partial charge < -0.3 is 9.88 Å². The Morgan fingerprint density at radius 2 is 2.13 bits per heavy atom. The molecule has 5 nitrogen and oxygen atoms in total. The number of rotatable bonds is 4. The number of halogens is 1. The normalized spacial score (nSPS) is 10.5. The van der Waals surface area contributed by atoms with Crippen molar-refractivity contribution >= 4 is 22.4 Å². The number of carbonyl (C=O) groups excluding carboxylic acids is 1. The highest BCUT2D eigenvalue weighted by molar-refractivity contribution is 7.14. The van der Waals surface area contributed by atoms with Gasteiger partial charge in [0, 0.05) is 23.2 Å². The minimum Gasteiger partial charge on any atom is -0.306 e. The number of anilines is 1. The van der Waals surface area contributed by atoms with Crippen LogP contribution in [0.25, 0.3) is 11.3 Å². The molecule has 116 valence electrons. The molecule has 1 N–H and O–H groups in total. The maximum Gasteiger partial charge on any atom is 0.250 e. The van der Waals surface area contributed by atoms with Gasteiger partial charge in [0.1, 0.15) is 12.4 Å². The van der Waals surface area contributed by atoms with Crippen molar-refractivity contribution in [3.05, 3.63) is 70.2 Å². The topological polar surface area (TPSA) is 64.0 Å². The average molecular weight is 329 g/mol. The van der Waals surface area contributed by atoms with E-state index < -0.39 is 0 Å². The standard InChI is InChI=1S/C16H12FN3O2S/c17-12-5-3-4-11(8-12)13-10-23-16(18-13)19-14(21)9-20-7-2-1-6-15(20)22/h1-8,10H,9H2,(H,18,19,21). The van der Waals surface area contributed by atoms with Crippen molar-refractivity contribution in [2.24, 2.45) is 0 Å². The van der Waals surface area contributed by atoms with E-state index in [1.54, 1.807) is 35.8 Å². The highest BCUT2D eigenvalue weighted by Crippen LogP contribution is 2.25. The predicted molar refractivity (Wildman–Crippen MR) is 86.8 cm³/mol. The minimum absolute atomic E-state index is 0.0887. The van der Waals surface area contributed by atoms with E-state index in [4.69, 9.17) is 0 Å². The first kappa shape index (κ1) is 15.1. The van der Waals surface area contributed by atoms with Gasteiger partial charge in [0.25, 0.3) is 5.56 Å². The van der Waals surface area contributed by atoms with E-state index in [1.165, 1.54) is 34.1 Å². The zero-order valence-electron chi connectivity index (χ0n) is 11.9. The van der Waals surface area contributed by atoms with Crippen LogP contribution in [0.4, 0.5) is 9.52 Å². The van der Waals surface area contributed by atoms with Crippen molar-refractivity contribution in [3.63, 3.8) is 0 Å². The van der Waals surface area contributed by atoms with Crippen LogP contribution in [0.15, 0.2) is 58.8 Å². The molecule has 0 atom stereocenters. The molecule has 0 fully saturated rings. The molecular formula is C16H12FN3O2S. The second kappa shape index (κ2) is 6.53. The molecule has 0 aliphatic carbocycles. The Bertz CT molecular complexity index is 904. The summed E-state index contributed by atoms with van der Waals surface area (Å²) in [5.41, 5.74) is 0.977. The molecule has 3 rings (SSSR count). The van der Waals surface area contributed by atoms with E-state index in [1.807, 2.05) is 0 Å². The number of thiazole rings is 1. The number of benzene rings is 1. The summed E-state index contributed by atoms with van der Waals surface area (Å²) in [5.74, 6) is -0.692. The molecule has 0 unspecified atom stereocenters. The summed E-state index contributed by atoms with van der Waals surface area (Å²) in [6.07, 6.45) is 1.54. The Labute approximate surface area is 135 Å². The number of hydrogen-bond acceptors (Lipinski definition) is 4. The SMILES string of the molecule is O=C(Cn1ccccc1=O)Nc1nc(-c2cccc(F)c2)cs1. The summed E-state index contributed by atoms with van der Waals surface area (Å²) in [6, 6.07) is 10.8. The van der Waals surface area contributed by atoms with Gasteiger partial charge >= 0.3 is 0 Å². The lowest BCUT2D eigenvalue weighted by molar-refractivity contribution is -0.116. The third kappa shape index (κ3) is 3.70. The van der Waals surface area contributed by atoms with Crippen LogP contribution >= 0.6 is 11.3 Å². The molecule has 0 spiro atoms. The Morgan fingerprint density at radius 1 is 1.26 bits per heavy atom. The van der Waals surface area contributed by atoms with Crippen molar-refractivity contribution in [3.8, 4) is 11.3 Å². The van der Waals surface area contributed by atoms with Crippen molar-refractivity contribution < 1.29 is 9.18 Å². The van der Waals surface area contributed by atoms with E-state index >= 15 is 0 Å². The highest BCUT2D eigenvalue weighted by Gasteiger charge is 2.09. The molecule has 1 amide bonds. The van der Waals surface area contributed by atoms with Crippen LogP contribution in [0.2, 0.25) is 0 Å². The number of carbonyl (C=O) groups is 1. The third-order valence-corrected chi connectivity index (χ3v) is 3.84. The van der Waals surface area contributed by atoms with Crippen LogP contribution in [0, 0.1) is 5.82 Å². The number of hydrogen-bond donors (Lipinski definition) is 1. The molecular weight excluding hydrogens is 317 g/mol. The second-order valence-corrected chi connectivity index (χ2v) is 5.62. The number of aromatic nitrogens is 2. The maximum absolute atomic E-state index is 13.2. The number of nitrogens with zero attached hydrogens (tertiary/aromatic N) is 2. The quantitative estimate of drug-likeness (QED) is 0.800. The van der Waals surface area contributed by atoms with Gasteiger partial charge in [0.05, 0.1) is 5.69 Å². The Hall–Kier alpha value is -2.80. The Kier molecular flexibility index (Phi) is 4.29. The Morgan fingerprint density at radius 3 is 2.91 bits per heavy atom. The molecule has 0 aliphatic heterocycles. The monoisotopic (exact) mass is 329 g/mol. The molecule has 0 saturated heterocycles. The summed E-state index contributed by atoms with van der Waals surface area (Å²) in [6.45, 7) is -0.0887. The van der Waals surface area contributed by atoms with Gasteiger partial charge in [-0.15, -0.1) is 11.3 Å². The van der Waals surface area contributed by atoms with Gasteiger partial charge in [-0.3, -0.25) is 9.59 Å². The zero-order chi connectivity index (χ0) is 16.2. The lowest BCUT2D eigenvalue weighted by atomic mass is 10.2. The van der Waals surface area contributed by atoms with Crippen molar-refractivity contribution in [2.75, 3.05) is 5.32 Å². The lowest BCUT2D eigenvalue weighted by Gasteiger charge is -2.04. The molecule has 0 radical (unpaired) electrons. The highest BCUT2D eigenvalue weighted by atomic mass is 32.1. The average Bonchev–Trinajstić information content (AvgIpc) is 2.98. The smallest absolute Gasteiger partial charge is 0.250 e. The summed E-state index contributed by atoms with van der Waals surface area (Å²) in [7, 11) is 0. The molecule has 0 saturated carbocycles. The second-order valence-electron chi connectivity index (χ2n) is 4.76. The van der Waals surface area contributed by atoms with Gasteiger partial charge in [0.2, 0.25) is 5.91 Å². The van der Waals surface area contributed by atoms with Gasteiger partial charge in [-0.25, -0.2) is 9.37 Å². The summed E-state index contributed by atoms with van der Waals surface area (Å²) in [4.78, 5) is 27.8. The third-order valence-electron chi connectivity index (χ3n) is 3.08. The fourth-order valence-corrected chi connectivity index (χ4v) is 2.75. The van der Waals surface area contributed by atoms with Crippen LogP contribution in [-0.4, -0.2) is 15.5 Å². The largest absolute Gasteiger partial charge is 0.306 e. The van der Waals surface area contributed by atoms with Gasteiger partial charge in [0.15, 0.2) is 5.13 Å². The van der Waals surface area contributed by atoms with Crippen LogP contribution in [0.3, 0.4) is 0 Å². The zero-order valence-corrected chi connectivity index (χ0v) is 12.7.